The van der Waals surface area contributed by atoms with Gasteiger partial charge in [-0.05, 0) is 48.6 Å². The lowest BCUT2D eigenvalue weighted by atomic mass is 9.88. The Morgan fingerprint density at radius 3 is 2.44 bits per heavy atom. The van der Waals surface area contributed by atoms with Crippen LogP contribution in [-0.2, 0) is 17.4 Å². The number of pyridine rings is 1. The van der Waals surface area contributed by atoms with Crippen molar-refractivity contribution in [2.45, 2.75) is 31.4 Å². The van der Waals surface area contributed by atoms with Crippen molar-refractivity contribution < 1.29 is 9.84 Å². The van der Waals surface area contributed by atoms with Crippen molar-refractivity contribution in [3.05, 3.63) is 107 Å². The van der Waals surface area contributed by atoms with Gasteiger partial charge in [-0.15, -0.1) is 0 Å². The molecule has 4 rings (SSSR count). The SMILES string of the molecule is C[C@@H](c1ccc(-c2cccc(=O)n2C)cc1)N1C=C[C@](CCCO)(c2ccccc2)OC1. The monoisotopic (exact) mass is 430 g/mol. The van der Waals surface area contributed by atoms with E-state index in [-0.39, 0.29) is 18.2 Å². The highest BCUT2D eigenvalue weighted by Gasteiger charge is 2.34. The third kappa shape index (κ3) is 4.40. The fourth-order valence-electron chi connectivity index (χ4n) is 4.26. The van der Waals surface area contributed by atoms with E-state index < -0.39 is 5.60 Å². The minimum Gasteiger partial charge on any atom is -0.396 e. The summed E-state index contributed by atoms with van der Waals surface area (Å²) in [6.45, 7) is 2.77. The summed E-state index contributed by atoms with van der Waals surface area (Å²) in [6, 6.07) is 24.0. The Kier molecular flexibility index (Phi) is 6.58. The molecule has 0 radical (unpaired) electrons. The Morgan fingerprint density at radius 1 is 1.03 bits per heavy atom. The van der Waals surface area contributed by atoms with E-state index in [2.05, 4.69) is 60.5 Å². The average Bonchev–Trinajstić information content (AvgIpc) is 2.85. The molecule has 0 spiro atoms. The normalized spacial score (nSPS) is 19.2. The first-order valence-electron chi connectivity index (χ1n) is 11.1. The summed E-state index contributed by atoms with van der Waals surface area (Å²) in [5, 5.41) is 9.38. The average molecular weight is 431 g/mol. The Balaban J connectivity index is 1.53. The maximum absolute atomic E-state index is 11.9. The van der Waals surface area contributed by atoms with E-state index in [0.717, 1.165) is 23.2 Å². The molecule has 166 valence electrons. The standard InChI is InChI=1S/C27H30N2O3/c1-21(22-12-14-23(15-13-22)25-10-6-11-26(31)28(25)2)29-18-17-27(32-20-29,16-7-19-30)24-8-4-3-5-9-24/h3-6,8-15,17-18,21,30H,7,16,19-20H2,1-2H3/t21-,27+/m0/s1. The molecule has 2 heterocycles. The van der Waals surface area contributed by atoms with Crippen LogP contribution in [-0.4, -0.2) is 27.9 Å². The smallest absolute Gasteiger partial charge is 0.250 e. The van der Waals surface area contributed by atoms with Crippen LogP contribution in [0.15, 0.2) is 89.9 Å². The summed E-state index contributed by atoms with van der Waals surface area (Å²) in [7, 11) is 1.79. The molecule has 0 unspecified atom stereocenters. The fraction of sp³-hybridized carbons (Fsp3) is 0.296. The van der Waals surface area contributed by atoms with Gasteiger partial charge in [0, 0.05) is 25.9 Å². The highest BCUT2D eigenvalue weighted by molar-refractivity contribution is 5.60. The number of aromatic nitrogens is 1. The quantitative estimate of drug-likeness (QED) is 0.596. The van der Waals surface area contributed by atoms with Crippen LogP contribution in [0.3, 0.4) is 0 Å². The minimum absolute atomic E-state index is 0.0151. The number of nitrogens with zero attached hydrogens (tertiary/aromatic N) is 2. The molecule has 5 nitrogen and oxygen atoms in total. The molecule has 1 aliphatic rings. The van der Waals surface area contributed by atoms with E-state index >= 15 is 0 Å². The maximum atomic E-state index is 11.9. The van der Waals surface area contributed by atoms with Gasteiger partial charge in [0.05, 0.1) is 11.7 Å². The number of hydrogen-bond acceptors (Lipinski definition) is 4. The van der Waals surface area contributed by atoms with Crippen LogP contribution in [0.4, 0.5) is 0 Å². The van der Waals surface area contributed by atoms with Crippen LogP contribution in [0.5, 0.6) is 0 Å². The molecular formula is C27H30N2O3. The Hall–Kier alpha value is -3.15. The summed E-state index contributed by atoms with van der Waals surface area (Å²) in [5.74, 6) is 0. The molecule has 1 N–H and O–H groups in total. The van der Waals surface area contributed by atoms with Crippen molar-refractivity contribution in [2.75, 3.05) is 13.3 Å². The van der Waals surface area contributed by atoms with Crippen LogP contribution in [0.1, 0.15) is 36.9 Å². The van der Waals surface area contributed by atoms with E-state index in [4.69, 9.17) is 4.74 Å². The molecule has 3 aromatic rings. The van der Waals surface area contributed by atoms with Crippen LogP contribution < -0.4 is 5.56 Å². The largest absolute Gasteiger partial charge is 0.396 e. The molecule has 32 heavy (non-hydrogen) atoms. The Labute approximate surface area is 189 Å². The van der Waals surface area contributed by atoms with Crippen molar-refractivity contribution >= 4 is 0 Å². The summed E-state index contributed by atoms with van der Waals surface area (Å²) in [5.41, 5.74) is 3.66. The van der Waals surface area contributed by atoms with Gasteiger partial charge in [-0.25, -0.2) is 0 Å². The molecule has 0 amide bonds. The lowest BCUT2D eigenvalue weighted by Crippen LogP contribution is -2.38. The second-order valence-electron chi connectivity index (χ2n) is 8.29. The fourth-order valence-corrected chi connectivity index (χ4v) is 4.26. The summed E-state index contributed by atoms with van der Waals surface area (Å²) in [4.78, 5) is 14.1. The maximum Gasteiger partial charge on any atom is 0.250 e. The number of benzene rings is 2. The molecule has 0 saturated carbocycles. The number of aliphatic hydroxyl groups excluding tert-OH is 1. The van der Waals surface area contributed by atoms with Crippen LogP contribution >= 0.6 is 0 Å². The first kappa shape index (κ1) is 22.1. The zero-order chi connectivity index (χ0) is 22.6. The lowest BCUT2D eigenvalue weighted by molar-refractivity contribution is -0.0887. The van der Waals surface area contributed by atoms with Crippen molar-refractivity contribution in [1.29, 1.82) is 0 Å². The molecule has 0 aliphatic carbocycles. The van der Waals surface area contributed by atoms with Gasteiger partial charge in [0.2, 0.25) is 0 Å². The van der Waals surface area contributed by atoms with Crippen molar-refractivity contribution in [3.63, 3.8) is 0 Å². The van der Waals surface area contributed by atoms with E-state index in [1.54, 1.807) is 23.7 Å². The van der Waals surface area contributed by atoms with Gasteiger partial charge in [0.25, 0.3) is 5.56 Å². The summed E-state index contributed by atoms with van der Waals surface area (Å²) < 4.78 is 8.08. The van der Waals surface area contributed by atoms with Crippen molar-refractivity contribution in [1.82, 2.24) is 9.47 Å². The number of rotatable bonds is 7. The Bertz CT molecular complexity index is 1120. The predicted molar refractivity (Wildman–Crippen MR) is 127 cm³/mol. The molecule has 0 saturated heterocycles. The number of hydrogen-bond donors (Lipinski definition) is 1. The molecule has 0 bridgehead atoms. The lowest BCUT2D eigenvalue weighted by Gasteiger charge is -2.40. The van der Waals surface area contributed by atoms with E-state index in [1.165, 1.54) is 5.56 Å². The van der Waals surface area contributed by atoms with E-state index in [1.807, 2.05) is 24.3 Å². The van der Waals surface area contributed by atoms with Gasteiger partial charge < -0.3 is 19.3 Å². The third-order valence-corrected chi connectivity index (χ3v) is 6.35. The molecule has 0 fully saturated rings. The van der Waals surface area contributed by atoms with Gasteiger partial charge in [0.15, 0.2) is 0 Å². The molecule has 1 aromatic heterocycles. The molecule has 2 aromatic carbocycles. The highest BCUT2D eigenvalue weighted by atomic mass is 16.5. The van der Waals surface area contributed by atoms with E-state index in [0.29, 0.717) is 13.2 Å². The van der Waals surface area contributed by atoms with Crippen LogP contribution in [0, 0.1) is 0 Å². The number of ether oxygens (including phenoxy) is 1. The number of aliphatic hydroxyl groups is 1. The predicted octanol–water partition coefficient (Wildman–Crippen LogP) is 4.58. The van der Waals surface area contributed by atoms with Crippen molar-refractivity contribution in [2.24, 2.45) is 7.05 Å². The second kappa shape index (κ2) is 9.55. The van der Waals surface area contributed by atoms with Gasteiger partial charge in [-0.3, -0.25) is 4.79 Å². The van der Waals surface area contributed by atoms with Crippen LogP contribution in [0.2, 0.25) is 0 Å². The van der Waals surface area contributed by atoms with Gasteiger partial charge in [0.1, 0.15) is 12.3 Å². The van der Waals surface area contributed by atoms with Gasteiger partial charge >= 0.3 is 0 Å². The molecule has 1 aliphatic heterocycles. The molecule has 5 heteroatoms. The third-order valence-electron chi connectivity index (χ3n) is 6.35. The van der Waals surface area contributed by atoms with Crippen molar-refractivity contribution in [3.8, 4) is 11.3 Å². The minimum atomic E-state index is -0.512. The molecule has 2 atom stereocenters. The topological polar surface area (TPSA) is 54.7 Å². The zero-order valence-corrected chi connectivity index (χ0v) is 18.6. The summed E-state index contributed by atoms with van der Waals surface area (Å²) in [6.07, 6.45) is 5.65. The molecular weight excluding hydrogens is 400 g/mol. The zero-order valence-electron chi connectivity index (χ0n) is 18.6. The highest BCUT2D eigenvalue weighted by Crippen LogP contribution is 2.37. The first-order chi connectivity index (χ1) is 15.5. The van der Waals surface area contributed by atoms with Crippen LogP contribution in [0.25, 0.3) is 11.3 Å². The van der Waals surface area contributed by atoms with Gasteiger partial charge in [-0.1, -0.05) is 60.7 Å². The Morgan fingerprint density at radius 2 is 1.78 bits per heavy atom. The summed E-state index contributed by atoms with van der Waals surface area (Å²) >= 11 is 0. The second-order valence-corrected chi connectivity index (χ2v) is 8.29. The van der Waals surface area contributed by atoms with Gasteiger partial charge in [-0.2, -0.15) is 0 Å². The first-order valence-corrected chi connectivity index (χ1v) is 11.1. The van der Waals surface area contributed by atoms with E-state index in [9.17, 15) is 9.90 Å².